The molecule has 0 saturated carbocycles. The quantitative estimate of drug-likeness (QED) is 0.799. The van der Waals surface area contributed by atoms with Crippen molar-refractivity contribution in [3.05, 3.63) is 18.2 Å². The van der Waals surface area contributed by atoms with Crippen LogP contribution < -0.4 is 0 Å². The molecule has 0 saturated heterocycles. The number of hydrogen-bond acceptors (Lipinski definition) is 3. The van der Waals surface area contributed by atoms with Gasteiger partial charge in [-0.25, -0.2) is 4.98 Å². The molecule has 1 N–H and O–H groups in total. The summed E-state index contributed by atoms with van der Waals surface area (Å²) in [5.41, 5.74) is 0. The predicted molar refractivity (Wildman–Crippen MR) is 60.7 cm³/mol. The third-order valence-corrected chi connectivity index (χ3v) is 2.64. The number of alkyl halides is 2. The molecule has 0 bridgehead atoms. The average molecular weight is 247 g/mol. The Morgan fingerprint density at radius 2 is 2.18 bits per heavy atom. The number of hydrogen-bond donors (Lipinski definition) is 1. The summed E-state index contributed by atoms with van der Waals surface area (Å²) in [5.74, 6) is 0.353. The molecule has 1 rings (SSSR count). The summed E-state index contributed by atoms with van der Waals surface area (Å²) in [4.78, 5) is 5.96. The van der Waals surface area contributed by atoms with Crippen molar-refractivity contribution in [2.45, 2.75) is 39.4 Å². The first kappa shape index (κ1) is 14.1. The second kappa shape index (κ2) is 6.66. The number of nitrogens with zero attached hydrogens (tertiary/aromatic N) is 3. The lowest BCUT2D eigenvalue weighted by molar-refractivity contribution is 0.0623. The van der Waals surface area contributed by atoms with Gasteiger partial charge in [-0.3, -0.25) is 9.47 Å². The van der Waals surface area contributed by atoms with E-state index in [1.165, 1.54) is 12.4 Å². The van der Waals surface area contributed by atoms with Crippen LogP contribution in [0.25, 0.3) is 0 Å². The third kappa shape index (κ3) is 4.05. The maximum atomic E-state index is 12.6. The fraction of sp³-hybridized carbons (Fsp3) is 0.727. The lowest BCUT2D eigenvalue weighted by Gasteiger charge is -2.25. The average Bonchev–Trinajstić information content (AvgIpc) is 2.71. The molecule has 1 heterocycles. The monoisotopic (exact) mass is 247 g/mol. The van der Waals surface area contributed by atoms with Crippen LogP contribution in [0.1, 0.15) is 32.6 Å². The second-order valence-electron chi connectivity index (χ2n) is 4.17. The Bertz CT molecular complexity index is 328. The van der Waals surface area contributed by atoms with Crippen molar-refractivity contribution in [3.8, 4) is 0 Å². The van der Waals surface area contributed by atoms with E-state index in [9.17, 15) is 8.78 Å². The second-order valence-corrected chi connectivity index (χ2v) is 4.17. The van der Waals surface area contributed by atoms with Gasteiger partial charge in [0.15, 0.2) is 0 Å². The van der Waals surface area contributed by atoms with Crippen LogP contribution in [0.3, 0.4) is 0 Å². The van der Waals surface area contributed by atoms with Crippen LogP contribution in [0.4, 0.5) is 8.78 Å². The SMILES string of the molecule is CC(C)N(CCCO)Cc1nccn1C(F)F. The lowest BCUT2D eigenvalue weighted by atomic mass is 10.3. The van der Waals surface area contributed by atoms with E-state index in [0.29, 0.717) is 25.3 Å². The Morgan fingerprint density at radius 3 is 2.71 bits per heavy atom. The summed E-state index contributed by atoms with van der Waals surface area (Å²) in [6.07, 6.45) is 3.30. The van der Waals surface area contributed by atoms with E-state index in [1.807, 2.05) is 18.7 Å². The number of aliphatic hydroxyl groups is 1. The number of aliphatic hydroxyl groups excluding tert-OH is 1. The van der Waals surface area contributed by atoms with Crippen LogP contribution in [0.2, 0.25) is 0 Å². The fourth-order valence-electron chi connectivity index (χ4n) is 1.62. The molecule has 1 aromatic heterocycles. The molecule has 4 nitrogen and oxygen atoms in total. The van der Waals surface area contributed by atoms with Gasteiger partial charge in [-0.05, 0) is 20.3 Å². The van der Waals surface area contributed by atoms with Crippen LogP contribution in [0, 0.1) is 0 Å². The third-order valence-electron chi connectivity index (χ3n) is 2.64. The maximum absolute atomic E-state index is 12.6. The summed E-state index contributed by atoms with van der Waals surface area (Å²) >= 11 is 0. The highest BCUT2D eigenvalue weighted by Crippen LogP contribution is 2.15. The zero-order chi connectivity index (χ0) is 12.8. The van der Waals surface area contributed by atoms with Crippen molar-refractivity contribution in [1.82, 2.24) is 14.5 Å². The topological polar surface area (TPSA) is 41.3 Å². The van der Waals surface area contributed by atoms with Crippen LogP contribution in [0.5, 0.6) is 0 Å². The Balaban J connectivity index is 2.68. The molecule has 0 aromatic carbocycles. The van der Waals surface area contributed by atoms with E-state index in [0.717, 1.165) is 4.57 Å². The van der Waals surface area contributed by atoms with Crippen molar-refractivity contribution >= 4 is 0 Å². The largest absolute Gasteiger partial charge is 0.396 e. The fourth-order valence-corrected chi connectivity index (χ4v) is 1.62. The first-order valence-corrected chi connectivity index (χ1v) is 5.71. The number of rotatable bonds is 7. The zero-order valence-corrected chi connectivity index (χ0v) is 10.2. The van der Waals surface area contributed by atoms with Crippen molar-refractivity contribution in [3.63, 3.8) is 0 Å². The molecule has 0 unspecified atom stereocenters. The molecular formula is C11H19F2N3O. The molecule has 0 fully saturated rings. The highest BCUT2D eigenvalue weighted by molar-refractivity contribution is 4.93. The van der Waals surface area contributed by atoms with Gasteiger partial charge >= 0.3 is 6.55 Å². The van der Waals surface area contributed by atoms with Gasteiger partial charge in [0.05, 0.1) is 6.54 Å². The van der Waals surface area contributed by atoms with Crippen molar-refractivity contribution in [2.24, 2.45) is 0 Å². The van der Waals surface area contributed by atoms with E-state index < -0.39 is 6.55 Å². The summed E-state index contributed by atoms with van der Waals surface area (Å²) in [6, 6.07) is 0.226. The van der Waals surface area contributed by atoms with Gasteiger partial charge in [-0.15, -0.1) is 0 Å². The van der Waals surface area contributed by atoms with Crippen molar-refractivity contribution in [1.29, 1.82) is 0 Å². The number of halogens is 2. The lowest BCUT2D eigenvalue weighted by Crippen LogP contribution is -2.33. The van der Waals surface area contributed by atoms with Crippen LogP contribution in [-0.2, 0) is 6.54 Å². The summed E-state index contributed by atoms with van der Waals surface area (Å²) in [7, 11) is 0. The minimum atomic E-state index is -2.56. The zero-order valence-electron chi connectivity index (χ0n) is 10.2. The Labute approximate surface area is 99.9 Å². The molecule has 0 radical (unpaired) electrons. The minimum Gasteiger partial charge on any atom is -0.396 e. The molecular weight excluding hydrogens is 228 g/mol. The first-order valence-electron chi connectivity index (χ1n) is 5.71. The molecule has 0 aliphatic rings. The summed E-state index contributed by atoms with van der Waals surface area (Å²) in [6.45, 7) is 2.57. The van der Waals surface area contributed by atoms with E-state index in [-0.39, 0.29) is 12.6 Å². The molecule has 0 aliphatic carbocycles. The molecule has 0 spiro atoms. The molecule has 0 amide bonds. The predicted octanol–water partition coefficient (Wildman–Crippen LogP) is 1.87. The molecule has 0 aliphatic heterocycles. The van der Waals surface area contributed by atoms with E-state index in [2.05, 4.69) is 4.98 Å². The van der Waals surface area contributed by atoms with Gasteiger partial charge in [0, 0.05) is 31.6 Å². The summed E-state index contributed by atoms with van der Waals surface area (Å²) < 4.78 is 26.1. The highest BCUT2D eigenvalue weighted by atomic mass is 19.3. The van der Waals surface area contributed by atoms with Crippen molar-refractivity contribution in [2.75, 3.05) is 13.2 Å². The van der Waals surface area contributed by atoms with Crippen LogP contribution >= 0.6 is 0 Å². The Morgan fingerprint density at radius 1 is 1.47 bits per heavy atom. The molecule has 17 heavy (non-hydrogen) atoms. The summed E-state index contributed by atoms with van der Waals surface area (Å²) in [5, 5.41) is 8.80. The van der Waals surface area contributed by atoms with Gasteiger partial charge in [0.2, 0.25) is 0 Å². The normalized spacial score (nSPS) is 12.0. The van der Waals surface area contributed by atoms with Crippen molar-refractivity contribution < 1.29 is 13.9 Å². The number of aromatic nitrogens is 2. The molecule has 1 aromatic rings. The van der Waals surface area contributed by atoms with E-state index >= 15 is 0 Å². The van der Waals surface area contributed by atoms with E-state index in [4.69, 9.17) is 5.11 Å². The van der Waals surface area contributed by atoms with E-state index in [1.54, 1.807) is 0 Å². The highest BCUT2D eigenvalue weighted by Gasteiger charge is 2.16. The van der Waals surface area contributed by atoms with Gasteiger partial charge in [0.1, 0.15) is 5.82 Å². The Kier molecular flexibility index (Phi) is 5.50. The molecule has 6 heteroatoms. The van der Waals surface area contributed by atoms with Crippen LogP contribution in [0.15, 0.2) is 12.4 Å². The maximum Gasteiger partial charge on any atom is 0.319 e. The van der Waals surface area contributed by atoms with Gasteiger partial charge < -0.3 is 5.11 Å². The minimum absolute atomic E-state index is 0.104. The molecule has 0 atom stereocenters. The Hall–Kier alpha value is -1.01. The standard InChI is InChI=1S/C11H19F2N3O/c1-9(2)15(5-3-7-17)8-10-14-4-6-16(10)11(12)13/h4,6,9,11,17H,3,5,7-8H2,1-2H3. The number of imidazole rings is 1. The van der Waals surface area contributed by atoms with Crippen LogP contribution in [-0.4, -0.2) is 38.8 Å². The van der Waals surface area contributed by atoms with Gasteiger partial charge in [0.25, 0.3) is 0 Å². The smallest absolute Gasteiger partial charge is 0.319 e. The molecule has 98 valence electrons. The van der Waals surface area contributed by atoms with Gasteiger partial charge in [-0.1, -0.05) is 0 Å². The first-order chi connectivity index (χ1) is 8.06. The van der Waals surface area contributed by atoms with Gasteiger partial charge in [-0.2, -0.15) is 8.78 Å².